The summed E-state index contributed by atoms with van der Waals surface area (Å²) in [7, 11) is 1.96. The Morgan fingerprint density at radius 2 is 2.08 bits per heavy atom. The molecular weight excluding hydrogens is 146 g/mol. The summed E-state index contributed by atoms with van der Waals surface area (Å²) in [5.74, 6) is 0. The maximum Gasteiger partial charge on any atom is 0.0294 e. The molecule has 0 bridgehead atoms. The summed E-state index contributed by atoms with van der Waals surface area (Å²) >= 11 is 0. The van der Waals surface area contributed by atoms with Gasteiger partial charge < -0.3 is 5.32 Å². The highest BCUT2D eigenvalue weighted by Gasteiger charge is 2.04. The van der Waals surface area contributed by atoms with E-state index in [1.54, 1.807) is 0 Å². The Morgan fingerprint density at radius 1 is 1.42 bits per heavy atom. The fourth-order valence-electron chi connectivity index (χ4n) is 1.25. The highest BCUT2D eigenvalue weighted by molar-refractivity contribution is 5.52. The van der Waals surface area contributed by atoms with Gasteiger partial charge in [-0.05, 0) is 25.1 Å². The van der Waals surface area contributed by atoms with E-state index in [1.165, 1.54) is 11.1 Å². The Bertz CT molecular complexity index is 265. The van der Waals surface area contributed by atoms with Crippen molar-refractivity contribution in [3.8, 4) is 0 Å². The molecule has 0 radical (unpaired) electrons. The number of hydrogen-bond acceptors (Lipinski definition) is 1. The van der Waals surface area contributed by atoms with Crippen molar-refractivity contribution in [1.29, 1.82) is 0 Å². The van der Waals surface area contributed by atoms with Crippen LogP contribution in [0.15, 0.2) is 30.8 Å². The molecule has 12 heavy (non-hydrogen) atoms. The third-order valence-electron chi connectivity index (χ3n) is 2.12. The lowest BCUT2D eigenvalue weighted by Crippen LogP contribution is -2.13. The standard InChI is InChI=1S/C11H15N/c1-4-10-7-5-6-8-11(10)9(2)12-3/h4-9,12H,1H2,2-3H3. The van der Waals surface area contributed by atoms with E-state index < -0.39 is 0 Å². The molecule has 1 N–H and O–H groups in total. The lowest BCUT2D eigenvalue weighted by atomic mass is 10.0. The number of hydrogen-bond donors (Lipinski definition) is 1. The summed E-state index contributed by atoms with van der Waals surface area (Å²) in [5, 5.41) is 3.21. The first kappa shape index (κ1) is 9.01. The molecule has 0 aliphatic rings. The van der Waals surface area contributed by atoms with Gasteiger partial charge in [0.25, 0.3) is 0 Å². The van der Waals surface area contributed by atoms with Gasteiger partial charge in [0.1, 0.15) is 0 Å². The summed E-state index contributed by atoms with van der Waals surface area (Å²) in [6, 6.07) is 8.67. The van der Waals surface area contributed by atoms with E-state index >= 15 is 0 Å². The SMILES string of the molecule is C=Cc1ccccc1C(C)NC. The molecule has 0 aliphatic carbocycles. The zero-order valence-electron chi connectivity index (χ0n) is 7.67. The van der Waals surface area contributed by atoms with E-state index in [2.05, 4.69) is 37.0 Å². The van der Waals surface area contributed by atoms with E-state index in [0.717, 1.165) is 0 Å². The molecule has 1 aromatic rings. The minimum Gasteiger partial charge on any atom is -0.313 e. The third kappa shape index (κ3) is 1.74. The smallest absolute Gasteiger partial charge is 0.0294 e. The molecule has 1 atom stereocenters. The van der Waals surface area contributed by atoms with E-state index in [-0.39, 0.29) is 0 Å². The molecule has 1 aromatic carbocycles. The molecule has 1 rings (SSSR count). The predicted molar refractivity (Wildman–Crippen MR) is 54.0 cm³/mol. The van der Waals surface area contributed by atoms with Crippen molar-refractivity contribution >= 4 is 6.08 Å². The van der Waals surface area contributed by atoms with Crippen LogP contribution in [0.3, 0.4) is 0 Å². The van der Waals surface area contributed by atoms with Crippen molar-refractivity contribution in [3.05, 3.63) is 42.0 Å². The quantitative estimate of drug-likeness (QED) is 0.718. The van der Waals surface area contributed by atoms with Gasteiger partial charge >= 0.3 is 0 Å². The van der Waals surface area contributed by atoms with Gasteiger partial charge in [-0.2, -0.15) is 0 Å². The zero-order chi connectivity index (χ0) is 8.97. The van der Waals surface area contributed by atoms with Gasteiger partial charge in [0.05, 0.1) is 0 Å². The molecule has 0 aliphatic heterocycles. The van der Waals surface area contributed by atoms with Gasteiger partial charge in [-0.1, -0.05) is 36.9 Å². The normalized spacial score (nSPS) is 12.5. The van der Waals surface area contributed by atoms with Gasteiger partial charge in [0.2, 0.25) is 0 Å². The second-order valence-corrected chi connectivity index (χ2v) is 2.84. The minimum atomic E-state index is 0.388. The Hall–Kier alpha value is -1.08. The lowest BCUT2D eigenvalue weighted by molar-refractivity contribution is 0.651. The van der Waals surface area contributed by atoms with Crippen LogP contribution in [0.4, 0.5) is 0 Å². The van der Waals surface area contributed by atoms with E-state index in [9.17, 15) is 0 Å². The maximum atomic E-state index is 3.78. The van der Waals surface area contributed by atoms with Gasteiger partial charge in [-0.25, -0.2) is 0 Å². The van der Waals surface area contributed by atoms with Gasteiger partial charge in [0.15, 0.2) is 0 Å². The predicted octanol–water partition coefficient (Wildman–Crippen LogP) is 2.61. The van der Waals surface area contributed by atoms with Crippen LogP contribution < -0.4 is 5.32 Å². The molecule has 1 unspecified atom stereocenters. The second-order valence-electron chi connectivity index (χ2n) is 2.84. The summed E-state index contributed by atoms with van der Waals surface area (Å²) < 4.78 is 0. The van der Waals surface area contributed by atoms with Crippen LogP contribution >= 0.6 is 0 Å². The molecule has 64 valence electrons. The summed E-state index contributed by atoms with van der Waals surface area (Å²) in [6.07, 6.45) is 1.89. The van der Waals surface area contributed by atoms with Crippen LogP contribution in [0.1, 0.15) is 24.1 Å². The number of benzene rings is 1. The van der Waals surface area contributed by atoms with E-state index in [1.807, 2.05) is 19.2 Å². The van der Waals surface area contributed by atoms with Crippen molar-refractivity contribution in [2.24, 2.45) is 0 Å². The molecule has 1 nitrogen and oxygen atoms in total. The lowest BCUT2D eigenvalue weighted by Gasteiger charge is -2.13. The molecule has 0 amide bonds. The van der Waals surface area contributed by atoms with Gasteiger partial charge in [-0.15, -0.1) is 0 Å². The van der Waals surface area contributed by atoms with Crippen LogP contribution in [0.2, 0.25) is 0 Å². The molecule has 1 heteroatoms. The second kappa shape index (κ2) is 4.07. The summed E-state index contributed by atoms with van der Waals surface area (Å²) in [4.78, 5) is 0. The minimum absolute atomic E-state index is 0.388. The number of nitrogens with one attached hydrogen (secondary N) is 1. The van der Waals surface area contributed by atoms with Crippen molar-refractivity contribution < 1.29 is 0 Å². The Labute approximate surface area is 74.1 Å². The van der Waals surface area contributed by atoms with Crippen LogP contribution in [0, 0.1) is 0 Å². The van der Waals surface area contributed by atoms with Crippen molar-refractivity contribution in [2.45, 2.75) is 13.0 Å². The number of rotatable bonds is 3. The fourth-order valence-corrected chi connectivity index (χ4v) is 1.25. The fraction of sp³-hybridized carbons (Fsp3) is 0.273. The first-order chi connectivity index (χ1) is 5.79. The molecule has 0 saturated heterocycles. The largest absolute Gasteiger partial charge is 0.313 e. The van der Waals surface area contributed by atoms with E-state index in [0.29, 0.717) is 6.04 Å². The van der Waals surface area contributed by atoms with Crippen molar-refractivity contribution in [3.63, 3.8) is 0 Å². The highest BCUT2D eigenvalue weighted by Crippen LogP contribution is 2.17. The summed E-state index contributed by atoms with van der Waals surface area (Å²) in [6.45, 7) is 5.92. The van der Waals surface area contributed by atoms with Gasteiger partial charge in [0, 0.05) is 6.04 Å². The molecule has 0 saturated carbocycles. The Kier molecular flexibility index (Phi) is 3.06. The molecular formula is C11H15N. The third-order valence-corrected chi connectivity index (χ3v) is 2.12. The monoisotopic (exact) mass is 161 g/mol. The Morgan fingerprint density at radius 3 is 2.67 bits per heavy atom. The van der Waals surface area contributed by atoms with Crippen LogP contribution in [-0.4, -0.2) is 7.05 Å². The molecule has 0 aromatic heterocycles. The topological polar surface area (TPSA) is 12.0 Å². The first-order valence-corrected chi connectivity index (χ1v) is 4.18. The molecule has 0 spiro atoms. The maximum absolute atomic E-state index is 3.78. The van der Waals surface area contributed by atoms with Crippen molar-refractivity contribution in [2.75, 3.05) is 7.05 Å². The van der Waals surface area contributed by atoms with Crippen molar-refractivity contribution in [1.82, 2.24) is 5.32 Å². The average molecular weight is 161 g/mol. The highest BCUT2D eigenvalue weighted by atomic mass is 14.9. The zero-order valence-corrected chi connectivity index (χ0v) is 7.67. The molecule has 0 heterocycles. The van der Waals surface area contributed by atoms with Gasteiger partial charge in [-0.3, -0.25) is 0 Å². The van der Waals surface area contributed by atoms with E-state index in [4.69, 9.17) is 0 Å². The molecule has 0 fully saturated rings. The Balaban J connectivity index is 3.04. The van der Waals surface area contributed by atoms with Crippen LogP contribution in [0.5, 0.6) is 0 Å². The first-order valence-electron chi connectivity index (χ1n) is 4.18. The van der Waals surface area contributed by atoms with Crippen LogP contribution in [0.25, 0.3) is 6.08 Å². The average Bonchev–Trinajstić information content (AvgIpc) is 2.16. The van der Waals surface area contributed by atoms with Crippen LogP contribution in [-0.2, 0) is 0 Å². The summed E-state index contributed by atoms with van der Waals surface area (Å²) in [5.41, 5.74) is 2.51.